The van der Waals surface area contributed by atoms with Gasteiger partial charge in [0.05, 0.1) is 5.41 Å². The number of hydrogen-bond donors (Lipinski definition) is 2. The van der Waals surface area contributed by atoms with Gasteiger partial charge in [-0.05, 0) is 24.8 Å². The first-order valence-corrected chi connectivity index (χ1v) is 7.77. The highest BCUT2D eigenvalue weighted by Gasteiger charge is 2.42. The van der Waals surface area contributed by atoms with Crippen molar-refractivity contribution in [2.75, 3.05) is 13.2 Å². The Morgan fingerprint density at radius 3 is 2.45 bits per heavy atom. The van der Waals surface area contributed by atoms with E-state index in [2.05, 4.69) is 5.32 Å². The van der Waals surface area contributed by atoms with Gasteiger partial charge in [0.25, 0.3) is 0 Å². The van der Waals surface area contributed by atoms with E-state index < -0.39 is 17.4 Å². The maximum absolute atomic E-state index is 12.9. The van der Waals surface area contributed by atoms with Crippen molar-refractivity contribution in [3.63, 3.8) is 0 Å². The Bertz CT molecular complexity index is 509. The first kappa shape index (κ1) is 16.5. The summed E-state index contributed by atoms with van der Waals surface area (Å²) in [4.78, 5) is 24.2. The third-order valence-corrected chi connectivity index (χ3v) is 4.29. The molecule has 2 N–H and O–H groups in total. The third-order valence-electron chi connectivity index (χ3n) is 4.29. The number of hydrogen-bond acceptors (Lipinski definition) is 3. The number of carbonyl (C=O) groups is 2. The summed E-state index contributed by atoms with van der Waals surface area (Å²) in [6.45, 7) is 2.92. The summed E-state index contributed by atoms with van der Waals surface area (Å²) in [7, 11) is 0. The van der Waals surface area contributed by atoms with E-state index in [0.717, 1.165) is 5.56 Å². The summed E-state index contributed by atoms with van der Waals surface area (Å²) in [6.07, 6.45) is 2.28. The van der Waals surface area contributed by atoms with Crippen molar-refractivity contribution in [2.24, 2.45) is 0 Å². The molecule has 1 aromatic rings. The van der Waals surface area contributed by atoms with E-state index in [1.165, 1.54) is 0 Å². The molecule has 0 spiro atoms. The maximum Gasteiger partial charge on any atom is 0.326 e. The van der Waals surface area contributed by atoms with Crippen LogP contribution in [-0.2, 0) is 19.7 Å². The molecule has 22 heavy (non-hydrogen) atoms. The lowest BCUT2D eigenvalue weighted by Crippen LogP contribution is -2.52. The van der Waals surface area contributed by atoms with Gasteiger partial charge in [0.2, 0.25) is 5.91 Å². The lowest BCUT2D eigenvalue weighted by molar-refractivity contribution is -0.144. The van der Waals surface area contributed by atoms with Gasteiger partial charge in [0.15, 0.2) is 0 Å². The Hall–Kier alpha value is -1.88. The molecule has 5 nitrogen and oxygen atoms in total. The normalized spacial score (nSPS) is 18.4. The molecule has 1 heterocycles. The minimum absolute atomic E-state index is 0.206. The van der Waals surface area contributed by atoms with Crippen LogP contribution in [0.4, 0.5) is 0 Å². The lowest BCUT2D eigenvalue weighted by atomic mass is 9.73. The highest BCUT2D eigenvalue weighted by Crippen LogP contribution is 2.35. The lowest BCUT2D eigenvalue weighted by Gasteiger charge is -2.37. The fourth-order valence-electron chi connectivity index (χ4n) is 2.97. The van der Waals surface area contributed by atoms with E-state index in [0.29, 0.717) is 38.9 Å². The smallest absolute Gasteiger partial charge is 0.326 e. The monoisotopic (exact) mass is 305 g/mol. The second-order valence-electron chi connectivity index (χ2n) is 5.71. The molecule has 1 aliphatic rings. The number of carboxylic acids is 1. The van der Waals surface area contributed by atoms with Crippen LogP contribution in [0.2, 0.25) is 0 Å². The average molecular weight is 305 g/mol. The molecule has 0 aliphatic carbocycles. The Morgan fingerprint density at radius 2 is 1.91 bits per heavy atom. The van der Waals surface area contributed by atoms with Crippen LogP contribution in [0.1, 0.15) is 38.2 Å². The predicted octanol–water partition coefficient (Wildman–Crippen LogP) is 2.10. The summed E-state index contributed by atoms with van der Waals surface area (Å²) >= 11 is 0. The summed E-state index contributed by atoms with van der Waals surface area (Å²) < 4.78 is 5.40. The SMILES string of the molecule is CCCC(NC(=O)C1(c2ccccc2)CCOCC1)C(=O)O. The van der Waals surface area contributed by atoms with Crippen LogP contribution < -0.4 is 5.32 Å². The van der Waals surface area contributed by atoms with Gasteiger partial charge in [-0.2, -0.15) is 0 Å². The molecule has 2 rings (SSSR count). The second kappa shape index (κ2) is 7.40. The molecule has 1 fully saturated rings. The Kier molecular flexibility index (Phi) is 5.55. The second-order valence-corrected chi connectivity index (χ2v) is 5.71. The number of nitrogens with one attached hydrogen (secondary N) is 1. The van der Waals surface area contributed by atoms with E-state index in [9.17, 15) is 14.7 Å². The predicted molar refractivity (Wildman–Crippen MR) is 82.6 cm³/mol. The summed E-state index contributed by atoms with van der Waals surface area (Å²) in [5.41, 5.74) is 0.234. The topological polar surface area (TPSA) is 75.6 Å². The van der Waals surface area contributed by atoms with Gasteiger partial charge in [-0.25, -0.2) is 4.79 Å². The van der Waals surface area contributed by atoms with Crippen molar-refractivity contribution in [2.45, 2.75) is 44.1 Å². The first-order valence-electron chi connectivity index (χ1n) is 7.77. The number of carbonyl (C=O) groups excluding carboxylic acids is 1. The molecule has 5 heteroatoms. The van der Waals surface area contributed by atoms with Gasteiger partial charge in [-0.1, -0.05) is 43.7 Å². The van der Waals surface area contributed by atoms with Gasteiger partial charge in [-0.15, -0.1) is 0 Å². The number of amides is 1. The van der Waals surface area contributed by atoms with Crippen LogP contribution >= 0.6 is 0 Å². The molecule has 0 saturated carbocycles. The molecule has 0 radical (unpaired) electrons. The molecule has 1 aliphatic heterocycles. The largest absolute Gasteiger partial charge is 0.480 e. The van der Waals surface area contributed by atoms with Crippen molar-refractivity contribution >= 4 is 11.9 Å². The Labute approximate surface area is 130 Å². The molecular weight excluding hydrogens is 282 g/mol. The molecule has 1 amide bonds. The number of aliphatic carboxylic acids is 1. The van der Waals surface area contributed by atoms with E-state index in [4.69, 9.17) is 4.74 Å². The molecule has 1 atom stereocenters. The number of carboxylic acid groups (broad SMARTS) is 1. The molecular formula is C17H23NO4. The average Bonchev–Trinajstić information content (AvgIpc) is 2.55. The van der Waals surface area contributed by atoms with Crippen LogP contribution in [0.25, 0.3) is 0 Å². The summed E-state index contributed by atoms with van der Waals surface area (Å²) in [5, 5.41) is 12.0. The zero-order chi connectivity index (χ0) is 16.0. The molecule has 120 valence electrons. The van der Waals surface area contributed by atoms with E-state index in [1.54, 1.807) is 0 Å². The number of rotatable bonds is 6. The van der Waals surface area contributed by atoms with Crippen molar-refractivity contribution in [1.82, 2.24) is 5.32 Å². The van der Waals surface area contributed by atoms with Crippen molar-refractivity contribution in [1.29, 1.82) is 0 Å². The molecule has 0 bridgehead atoms. The van der Waals surface area contributed by atoms with Crippen LogP contribution in [0.15, 0.2) is 30.3 Å². The maximum atomic E-state index is 12.9. The number of benzene rings is 1. The molecule has 1 saturated heterocycles. The van der Waals surface area contributed by atoms with Gasteiger partial charge in [0, 0.05) is 13.2 Å². The summed E-state index contributed by atoms with van der Waals surface area (Å²) in [6, 6.07) is 8.74. The van der Waals surface area contributed by atoms with Crippen LogP contribution in [0, 0.1) is 0 Å². The van der Waals surface area contributed by atoms with Crippen molar-refractivity contribution < 1.29 is 19.4 Å². The van der Waals surface area contributed by atoms with Crippen molar-refractivity contribution in [3.8, 4) is 0 Å². The summed E-state index contributed by atoms with van der Waals surface area (Å²) in [5.74, 6) is -1.19. The zero-order valence-corrected chi connectivity index (χ0v) is 12.9. The standard InChI is InChI=1S/C17H23NO4/c1-2-6-14(15(19)20)18-16(21)17(9-11-22-12-10-17)13-7-4-3-5-8-13/h3-5,7-8,14H,2,6,9-12H2,1H3,(H,18,21)(H,19,20). The van der Waals surface area contributed by atoms with Gasteiger partial charge in [0.1, 0.15) is 6.04 Å². The van der Waals surface area contributed by atoms with Gasteiger partial charge < -0.3 is 15.2 Å². The van der Waals surface area contributed by atoms with Crippen LogP contribution in [-0.4, -0.2) is 36.2 Å². The van der Waals surface area contributed by atoms with Gasteiger partial charge >= 0.3 is 5.97 Å². The van der Waals surface area contributed by atoms with E-state index in [1.807, 2.05) is 37.3 Å². The third kappa shape index (κ3) is 3.47. The fraction of sp³-hybridized carbons (Fsp3) is 0.529. The first-order chi connectivity index (χ1) is 10.6. The minimum Gasteiger partial charge on any atom is -0.480 e. The highest BCUT2D eigenvalue weighted by molar-refractivity contribution is 5.91. The van der Waals surface area contributed by atoms with Gasteiger partial charge in [-0.3, -0.25) is 4.79 Å². The van der Waals surface area contributed by atoms with Crippen LogP contribution in [0.5, 0.6) is 0 Å². The van der Waals surface area contributed by atoms with Crippen molar-refractivity contribution in [3.05, 3.63) is 35.9 Å². The van der Waals surface area contributed by atoms with Crippen LogP contribution in [0.3, 0.4) is 0 Å². The Balaban J connectivity index is 2.25. The highest BCUT2D eigenvalue weighted by atomic mass is 16.5. The molecule has 1 unspecified atom stereocenters. The minimum atomic E-state index is -0.981. The molecule has 0 aromatic heterocycles. The number of ether oxygens (including phenoxy) is 1. The Morgan fingerprint density at radius 1 is 1.27 bits per heavy atom. The van der Waals surface area contributed by atoms with E-state index >= 15 is 0 Å². The fourth-order valence-corrected chi connectivity index (χ4v) is 2.97. The molecule has 1 aromatic carbocycles. The zero-order valence-electron chi connectivity index (χ0n) is 12.9. The van der Waals surface area contributed by atoms with E-state index in [-0.39, 0.29) is 5.91 Å². The quantitative estimate of drug-likeness (QED) is 0.844.